The van der Waals surface area contributed by atoms with E-state index in [4.69, 9.17) is 0 Å². The largest absolute Gasteiger partial charge is 0.512 e. The third-order valence-corrected chi connectivity index (χ3v) is 13.4. The number of hydrogen-bond donors (Lipinski definition) is 1. The molecule has 4 rings (SSSR count). The van der Waals surface area contributed by atoms with Crippen molar-refractivity contribution in [2.24, 2.45) is 26.7 Å². The zero-order chi connectivity index (χ0) is 38.1. The molecular weight excluding hydrogens is 877 g/mol. The number of allylic oxidation sites excluding steroid dienone is 2. The molecule has 4 nitrogen and oxygen atoms in total. The Balaban J connectivity index is 0.000000444. The molecule has 0 saturated carbocycles. The Morgan fingerprint density at radius 3 is 2.17 bits per heavy atom. The quantitative estimate of drug-likeness (QED) is 0.0342. The van der Waals surface area contributed by atoms with Crippen LogP contribution in [-0.2, 0) is 36.7 Å². The predicted octanol–water partition coefficient (Wildman–Crippen LogP) is 14.4. The number of thiophene rings is 2. The average Bonchev–Trinajstić information content (AvgIpc) is 3.66. The van der Waals surface area contributed by atoms with E-state index in [0.717, 1.165) is 42.7 Å². The summed E-state index contributed by atoms with van der Waals surface area (Å²) >= 11 is 5.29. The second kappa shape index (κ2) is 19.8. The summed E-state index contributed by atoms with van der Waals surface area (Å²) in [6.07, 6.45) is 9.36. The van der Waals surface area contributed by atoms with Gasteiger partial charge in [-0.05, 0) is 85.1 Å². The fraction of sp³-hybridized carbons (Fsp3) is 0.477. The molecule has 0 aliphatic carbocycles. The van der Waals surface area contributed by atoms with Crippen LogP contribution in [0.2, 0.25) is 0 Å². The number of aliphatic imine (C=N–C) groups is 2. The Bertz CT molecular complexity index is 1900. The van der Waals surface area contributed by atoms with Crippen molar-refractivity contribution >= 4 is 77.9 Å². The second-order valence-electron chi connectivity index (χ2n) is 15.3. The van der Waals surface area contributed by atoms with E-state index in [2.05, 4.69) is 88.4 Å². The van der Waals surface area contributed by atoms with Gasteiger partial charge in [-0.3, -0.25) is 9.79 Å². The van der Waals surface area contributed by atoms with Gasteiger partial charge in [0.15, 0.2) is 5.78 Å². The van der Waals surface area contributed by atoms with Gasteiger partial charge >= 0.3 is 0 Å². The van der Waals surface area contributed by atoms with E-state index in [0.29, 0.717) is 5.92 Å². The molecule has 0 fully saturated rings. The maximum atomic E-state index is 12.2. The Hall–Kier alpha value is -2.35. The van der Waals surface area contributed by atoms with Gasteiger partial charge in [0.05, 0.1) is 0 Å². The van der Waals surface area contributed by atoms with E-state index in [1.165, 1.54) is 47.1 Å². The Labute approximate surface area is 339 Å². The first-order valence-electron chi connectivity index (χ1n) is 18.3. The van der Waals surface area contributed by atoms with Gasteiger partial charge in [0.2, 0.25) is 0 Å². The summed E-state index contributed by atoms with van der Waals surface area (Å²) in [5, 5.41) is 15.7. The summed E-state index contributed by atoms with van der Waals surface area (Å²) < 4.78 is 2.66. The molecule has 2 aromatic carbocycles. The molecule has 2 aromatic heterocycles. The van der Waals surface area contributed by atoms with E-state index in [1.54, 1.807) is 29.4 Å². The van der Waals surface area contributed by atoms with E-state index in [1.807, 2.05) is 70.6 Å². The molecule has 52 heavy (non-hydrogen) atoms. The van der Waals surface area contributed by atoms with E-state index < -0.39 is 0 Å². The number of carbonyl (C=O) groups excluding carboxylic acids is 1. The van der Waals surface area contributed by atoms with Crippen molar-refractivity contribution in [1.29, 1.82) is 0 Å². The van der Waals surface area contributed by atoms with Crippen molar-refractivity contribution in [3.05, 3.63) is 81.8 Å². The summed E-state index contributed by atoms with van der Waals surface area (Å²) in [5.74, 6) is 0.949. The third-order valence-electron chi connectivity index (χ3n) is 10.3. The number of aryl methyl sites for hydroxylation is 1. The van der Waals surface area contributed by atoms with Crippen molar-refractivity contribution in [1.82, 2.24) is 0 Å². The number of hydrogen-bond acceptors (Lipinski definition) is 6. The first kappa shape index (κ1) is 45.8. The van der Waals surface area contributed by atoms with Crippen LogP contribution in [0.15, 0.2) is 69.0 Å². The standard InChI is InChI=1S/C29H31N2S3.C15H28O2.Ir/c1-8-32-25-11-9-20(14-23(25)29(5,6)7)16-30-17-31-27-15-22-24(33-27)12-10-21-19(4)26(13-18(2)3)34-28(21)22;1-7-14(5,8-2)12(16)11-13(17)15(6,9-3)10-4;/h8,10-12,14-18H,1,13H2,2-7H3;11,16H,7-10H2,1-6H3;/q-1;;/b30-16?,31-17-;12-11-;. The number of rotatable bonds is 14. The predicted molar refractivity (Wildman–Crippen MR) is 229 cm³/mol. The molecule has 0 atom stereocenters. The van der Waals surface area contributed by atoms with E-state index >= 15 is 0 Å². The van der Waals surface area contributed by atoms with Crippen molar-refractivity contribution < 1.29 is 30.0 Å². The number of carbonyl (C=O) groups is 1. The Kier molecular flexibility index (Phi) is 17.5. The molecule has 285 valence electrons. The first-order valence-corrected chi connectivity index (χ1v) is 20.8. The molecule has 4 aromatic rings. The van der Waals surface area contributed by atoms with Crippen LogP contribution in [0.5, 0.6) is 0 Å². The number of fused-ring (bicyclic) bond motifs is 3. The van der Waals surface area contributed by atoms with Crippen LogP contribution in [0.3, 0.4) is 0 Å². The molecule has 0 aliphatic rings. The van der Waals surface area contributed by atoms with Crippen molar-refractivity contribution in [3.8, 4) is 0 Å². The van der Waals surface area contributed by atoms with Gasteiger partial charge in [0.1, 0.15) is 17.1 Å². The normalized spacial score (nSPS) is 12.9. The second-order valence-corrected chi connectivity index (χ2v) is 18.5. The molecule has 1 radical (unpaired) electrons. The average molecular weight is 936 g/mol. The number of thioether (sulfide) groups is 1. The van der Waals surface area contributed by atoms with Crippen LogP contribution >= 0.6 is 34.4 Å². The monoisotopic (exact) mass is 936 g/mol. The van der Waals surface area contributed by atoms with Gasteiger partial charge in [-0.15, -0.1) is 52.0 Å². The maximum absolute atomic E-state index is 12.2. The van der Waals surface area contributed by atoms with Gasteiger partial charge in [0.25, 0.3) is 0 Å². The Morgan fingerprint density at radius 1 is 0.981 bits per heavy atom. The van der Waals surface area contributed by atoms with Crippen LogP contribution in [0.1, 0.15) is 123 Å². The molecule has 0 amide bonds. The minimum Gasteiger partial charge on any atom is -0.512 e. The Morgan fingerprint density at radius 2 is 1.62 bits per heavy atom. The summed E-state index contributed by atoms with van der Waals surface area (Å²) in [7, 11) is 0. The zero-order valence-corrected chi connectivity index (χ0v) is 38.2. The van der Waals surface area contributed by atoms with Crippen LogP contribution in [-0.4, -0.2) is 23.4 Å². The van der Waals surface area contributed by atoms with E-state index in [-0.39, 0.29) is 47.9 Å². The summed E-state index contributed by atoms with van der Waals surface area (Å²) in [4.78, 5) is 24.0. The van der Waals surface area contributed by atoms with Gasteiger partial charge in [-0.1, -0.05) is 93.7 Å². The number of ketones is 1. The first-order chi connectivity index (χ1) is 24.0. The van der Waals surface area contributed by atoms with Crippen LogP contribution in [0.4, 0.5) is 5.00 Å². The van der Waals surface area contributed by atoms with E-state index in [9.17, 15) is 9.90 Å². The van der Waals surface area contributed by atoms with Gasteiger partial charge in [-0.25, -0.2) is 4.99 Å². The smallest absolute Gasteiger partial charge is 0.164 e. The SMILES string of the molecule is C=CSc1c[c-]c(C=N/C=N\c2cc3c(ccc4c(C)c(CC(C)C)sc43)s2)cc1C(C)(C)C.CCC(C)(CC)C(=O)/C=C(\O)C(C)(CC)CC.[Ir]. The van der Waals surface area contributed by atoms with Gasteiger partial charge < -0.3 is 5.11 Å². The summed E-state index contributed by atoms with van der Waals surface area (Å²) in [5.41, 5.74) is 3.09. The van der Waals surface area contributed by atoms with Crippen LogP contribution in [0, 0.1) is 29.7 Å². The van der Waals surface area contributed by atoms with Crippen molar-refractivity contribution in [3.63, 3.8) is 0 Å². The molecule has 1 N–H and O–H groups in total. The molecule has 0 spiro atoms. The summed E-state index contributed by atoms with van der Waals surface area (Å²) in [6, 6.07) is 14.2. The minimum atomic E-state index is -0.337. The maximum Gasteiger partial charge on any atom is 0.164 e. The van der Waals surface area contributed by atoms with Gasteiger partial charge in [-0.2, -0.15) is 11.8 Å². The number of benzene rings is 2. The number of nitrogens with zero attached hydrogens (tertiary/aromatic N) is 2. The minimum absolute atomic E-state index is 0. The fourth-order valence-electron chi connectivity index (χ4n) is 5.69. The van der Waals surface area contributed by atoms with Crippen molar-refractivity contribution in [2.45, 2.75) is 125 Å². The third kappa shape index (κ3) is 11.3. The summed E-state index contributed by atoms with van der Waals surface area (Å²) in [6.45, 7) is 29.4. The number of aliphatic hydroxyl groups is 1. The molecule has 2 heterocycles. The zero-order valence-electron chi connectivity index (χ0n) is 33.3. The molecule has 0 unspecified atom stereocenters. The molecule has 0 saturated heterocycles. The molecule has 0 bridgehead atoms. The fourth-order valence-corrected chi connectivity index (χ4v) is 9.00. The van der Waals surface area contributed by atoms with Crippen LogP contribution < -0.4 is 0 Å². The van der Waals surface area contributed by atoms with Gasteiger partial charge in [0, 0.05) is 56.7 Å². The van der Waals surface area contributed by atoms with Crippen molar-refractivity contribution in [2.75, 3.05) is 0 Å². The van der Waals surface area contributed by atoms with Crippen LogP contribution in [0.25, 0.3) is 20.2 Å². The molecule has 8 heteroatoms. The topological polar surface area (TPSA) is 62.0 Å². The number of aliphatic hydroxyl groups excluding tert-OH is 1. The molecular formula is C44H59IrN2O2S3-. The molecule has 0 aliphatic heterocycles.